The van der Waals surface area contributed by atoms with Gasteiger partial charge in [0.2, 0.25) is 10.0 Å². The van der Waals surface area contributed by atoms with Crippen LogP contribution in [0.3, 0.4) is 0 Å². The Morgan fingerprint density at radius 2 is 2.05 bits per heavy atom. The SMILES string of the molecule is CC1CCCC(NS(=O)(=O)c2cc(CO)cc(F)c2F)C1. The number of aliphatic hydroxyl groups is 1. The summed E-state index contributed by atoms with van der Waals surface area (Å²) in [4.78, 5) is -0.746. The molecule has 0 saturated heterocycles. The molecule has 1 aliphatic carbocycles. The molecule has 21 heavy (non-hydrogen) atoms. The molecule has 0 bridgehead atoms. The third-order valence-electron chi connectivity index (χ3n) is 3.78. The van der Waals surface area contributed by atoms with Crippen molar-refractivity contribution >= 4 is 10.0 Å². The van der Waals surface area contributed by atoms with Gasteiger partial charge < -0.3 is 5.11 Å². The quantitative estimate of drug-likeness (QED) is 0.895. The third-order valence-corrected chi connectivity index (χ3v) is 5.30. The smallest absolute Gasteiger partial charge is 0.243 e. The number of rotatable bonds is 4. The summed E-state index contributed by atoms with van der Waals surface area (Å²) in [5.41, 5.74) is 0.0197. The van der Waals surface area contributed by atoms with E-state index in [2.05, 4.69) is 4.72 Å². The molecule has 0 radical (unpaired) electrons. The number of benzene rings is 1. The Kier molecular flexibility index (Phi) is 4.95. The molecule has 1 aliphatic rings. The van der Waals surface area contributed by atoms with Crippen molar-refractivity contribution in [3.05, 3.63) is 29.3 Å². The number of sulfonamides is 1. The maximum atomic E-state index is 13.8. The molecule has 0 aromatic heterocycles. The van der Waals surface area contributed by atoms with Crippen molar-refractivity contribution in [2.24, 2.45) is 5.92 Å². The lowest BCUT2D eigenvalue weighted by Crippen LogP contribution is -2.38. The molecule has 0 spiro atoms. The van der Waals surface area contributed by atoms with E-state index < -0.39 is 33.2 Å². The van der Waals surface area contributed by atoms with E-state index in [4.69, 9.17) is 5.11 Å². The zero-order valence-corrected chi connectivity index (χ0v) is 12.6. The molecule has 0 aliphatic heterocycles. The number of hydrogen-bond donors (Lipinski definition) is 2. The van der Waals surface area contributed by atoms with Crippen LogP contribution in [-0.2, 0) is 16.6 Å². The average Bonchev–Trinajstić information content (AvgIpc) is 2.41. The second kappa shape index (κ2) is 6.37. The standard InChI is InChI=1S/C14H19F2NO3S/c1-9-3-2-4-11(5-9)17-21(19,20)13-7-10(8-18)6-12(15)14(13)16/h6-7,9,11,17-18H,2-5,8H2,1H3. The summed E-state index contributed by atoms with van der Waals surface area (Å²) in [5, 5.41) is 8.99. The molecule has 4 nitrogen and oxygen atoms in total. The number of aliphatic hydroxyl groups excluding tert-OH is 1. The molecule has 1 aromatic rings. The molecular formula is C14H19F2NO3S. The first-order chi connectivity index (χ1) is 9.83. The third kappa shape index (κ3) is 3.78. The maximum Gasteiger partial charge on any atom is 0.243 e. The molecule has 2 atom stereocenters. The van der Waals surface area contributed by atoms with Gasteiger partial charge in [-0.15, -0.1) is 0 Å². The molecule has 0 heterocycles. The highest BCUT2D eigenvalue weighted by Crippen LogP contribution is 2.26. The van der Waals surface area contributed by atoms with E-state index >= 15 is 0 Å². The van der Waals surface area contributed by atoms with Crippen LogP contribution in [0.4, 0.5) is 8.78 Å². The average molecular weight is 319 g/mol. The lowest BCUT2D eigenvalue weighted by Gasteiger charge is -2.27. The Bertz CT molecular complexity index is 619. The minimum absolute atomic E-state index is 0.0197. The zero-order chi connectivity index (χ0) is 15.6. The highest BCUT2D eigenvalue weighted by atomic mass is 32.2. The first-order valence-electron chi connectivity index (χ1n) is 6.94. The van der Waals surface area contributed by atoms with Gasteiger partial charge in [-0.1, -0.05) is 19.8 Å². The van der Waals surface area contributed by atoms with Gasteiger partial charge in [0.05, 0.1) is 6.61 Å². The monoisotopic (exact) mass is 319 g/mol. The van der Waals surface area contributed by atoms with E-state index in [9.17, 15) is 17.2 Å². The summed E-state index contributed by atoms with van der Waals surface area (Å²) in [7, 11) is -4.15. The van der Waals surface area contributed by atoms with Crippen LogP contribution < -0.4 is 4.72 Å². The predicted octanol–water partition coefficient (Wildman–Crippen LogP) is 2.31. The van der Waals surface area contributed by atoms with Crippen LogP contribution in [0.25, 0.3) is 0 Å². The van der Waals surface area contributed by atoms with Gasteiger partial charge in [0.25, 0.3) is 0 Å². The lowest BCUT2D eigenvalue weighted by atomic mass is 9.88. The summed E-state index contributed by atoms with van der Waals surface area (Å²) in [5.74, 6) is -2.29. The summed E-state index contributed by atoms with van der Waals surface area (Å²) < 4.78 is 54.1. The van der Waals surface area contributed by atoms with Crippen LogP contribution in [-0.4, -0.2) is 19.6 Å². The first-order valence-corrected chi connectivity index (χ1v) is 8.43. The fourth-order valence-corrected chi connectivity index (χ4v) is 4.15. The highest BCUT2D eigenvalue weighted by molar-refractivity contribution is 7.89. The van der Waals surface area contributed by atoms with Gasteiger partial charge in [0, 0.05) is 6.04 Å². The topological polar surface area (TPSA) is 66.4 Å². The second-order valence-corrected chi connectivity index (χ2v) is 7.32. The molecule has 1 saturated carbocycles. The van der Waals surface area contributed by atoms with E-state index in [0.29, 0.717) is 18.8 Å². The van der Waals surface area contributed by atoms with Gasteiger partial charge in [0.15, 0.2) is 11.6 Å². The Hall–Kier alpha value is -1.05. The van der Waals surface area contributed by atoms with Crippen molar-refractivity contribution < 1.29 is 22.3 Å². The van der Waals surface area contributed by atoms with Crippen LogP contribution in [0, 0.1) is 17.6 Å². The van der Waals surface area contributed by atoms with E-state index in [1.807, 2.05) is 6.92 Å². The summed E-state index contributed by atoms with van der Waals surface area (Å²) in [6, 6.07) is 1.49. The molecule has 1 aromatic carbocycles. The van der Waals surface area contributed by atoms with Crippen molar-refractivity contribution in [3.63, 3.8) is 0 Å². The van der Waals surface area contributed by atoms with Gasteiger partial charge in [-0.05, 0) is 36.5 Å². The van der Waals surface area contributed by atoms with Gasteiger partial charge in [0.1, 0.15) is 4.90 Å². The van der Waals surface area contributed by atoms with Crippen molar-refractivity contribution in [2.75, 3.05) is 0 Å². The molecule has 2 N–H and O–H groups in total. The molecular weight excluding hydrogens is 300 g/mol. The van der Waals surface area contributed by atoms with Gasteiger partial charge >= 0.3 is 0 Å². The number of halogens is 2. The van der Waals surface area contributed by atoms with Crippen molar-refractivity contribution in [3.8, 4) is 0 Å². The van der Waals surface area contributed by atoms with Crippen molar-refractivity contribution in [1.29, 1.82) is 0 Å². The molecule has 0 amide bonds. The van der Waals surface area contributed by atoms with Crippen LogP contribution >= 0.6 is 0 Å². The Morgan fingerprint density at radius 3 is 2.67 bits per heavy atom. The van der Waals surface area contributed by atoms with Crippen LogP contribution in [0.5, 0.6) is 0 Å². The van der Waals surface area contributed by atoms with E-state index in [-0.39, 0.29) is 11.6 Å². The minimum Gasteiger partial charge on any atom is -0.392 e. The molecule has 1 fully saturated rings. The van der Waals surface area contributed by atoms with Crippen molar-refractivity contribution in [2.45, 2.75) is 50.2 Å². The highest BCUT2D eigenvalue weighted by Gasteiger charge is 2.28. The second-order valence-electron chi connectivity index (χ2n) is 5.64. The van der Waals surface area contributed by atoms with E-state index in [1.165, 1.54) is 0 Å². The summed E-state index contributed by atoms with van der Waals surface area (Å²) in [6.45, 7) is 1.48. The Balaban J connectivity index is 2.29. The Labute approximate surface area is 123 Å². The summed E-state index contributed by atoms with van der Waals surface area (Å²) >= 11 is 0. The molecule has 7 heteroatoms. The first kappa shape index (κ1) is 16.3. The fraction of sp³-hybridized carbons (Fsp3) is 0.571. The Morgan fingerprint density at radius 1 is 1.33 bits per heavy atom. The summed E-state index contributed by atoms with van der Waals surface area (Å²) in [6.07, 6.45) is 3.32. The molecule has 118 valence electrons. The number of hydrogen-bond acceptors (Lipinski definition) is 3. The van der Waals surface area contributed by atoms with Gasteiger partial charge in [-0.3, -0.25) is 0 Å². The van der Waals surface area contributed by atoms with Gasteiger partial charge in [-0.2, -0.15) is 0 Å². The minimum atomic E-state index is -4.15. The van der Waals surface area contributed by atoms with Crippen LogP contribution in [0.1, 0.15) is 38.2 Å². The van der Waals surface area contributed by atoms with E-state index in [1.54, 1.807) is 0 Å². The maximum absolute atomic E-state index is 13.8. The largest absolute Gasteiger partial charge is 0.392 e. The molecule has 2 rings (SSSR count). The van der Waals surface area contributed by atoms with Crippen LogP contribution in [0.15, 0.2) is 17.0 Å². The van der Waals surface area contributed by atoms with E-state index in [0.717, 1.165) is 25.0 Å². The normalized spacial score (nSPS) is 23.2. The molecule has 2 unspecified atom stereocenters. The lowest BCUT2D eigenvalue weighted by molar-refractivity contribution is 0.280. The van der Waals surface area contributed by atoms with Crippen LogP contribution in [0.2, 0.25) is 0 Å². The van der Waals surface area contributed by atoms with Crippen molar-refractivity contribution in [1.82, 2.24) is 4.72 Å². The predicted molar refractivity (Wildman–Crippen MR) is 74.0 cm³/mol. The number of nitrogens with one attached hydrogen (secondary N) is 1. The fourth-order valence-electron chi connectivity index (χ4n) is 2.73. The van der Waals surface area contributed by atoms with Gasteiger partial charge in [-0.25, -0.2) is 21.9 Å². The zero-order valence-electron chi connectivity index (χ0n) is 11.8.